The van der Waals surface area contributed by atoms with Crippen molar-refractivity contribution in [3.63, 3.8) is 0 Å². The van der Waals surface area contributed by atoms with Crippen LogP contribution in [0.25, 0.3) is 0 Å². The minimum Gasteiger partial charge on any atom is -0.493 e. The highest BCUT2D eigenvalue weighted by molar-refractivity contribution is 14.0. The molecule has 7 nitrogen and oxygen atoms in total. The van der Waals surface area contributed by atoms with Crippen molar-refractivity contribution in [3.8, 4) is 17.2 Å². The van der Waals surface area contributed by atoms with E-state index in [9.17, 15) is 0 Å². The van der Waals surface area contributed by atoms with Crippen molar-refractivity contribution in [1.82, 2.24) is 15.1 Å². The summed E-state index contributed by atoms with van der Waals surface area (Å²) >= 11 is 0. The summed E-state index contributed by atoms with van der Waals surface area (Å²) in [6.07, 6.45) is 0. The number of methoxy groups -OCH3 is 3. The topological polar surface area (TPSA) is 58.6 Å². The zero-order valence-electron chi connectivity index (χ0n) is 19.7. The normalized spacial score (nSPS) is 14.5. The molecule has 1 saturated heterocycles. The smallest absolute Gasteiger partial charge is 0.203 e. The molecule has 0 atom stereocenters. The Labute approximate surface area is 208 Å². The third-order valence-electron chi connectivity index (χ3n) is 5.55. The summed E-state index contributed by atoms with van der Waals surface area (Å²) in [5.41, 5.74) is 3.68. The SMILES string of the molecule is CN=C(NCc1cccc(C)c1)N1CCN(Cc2cc(OC)c(OC)c(OC)c2)CC1.I. The van der Waals surface area contributed by atoms with Crippen LogP contribution in [0.2, 0.25) is 0 Å². The van der Waals surface area contributed by atoms with Gasteiger partial charge in [-0.2, -0.15) is 0 Å². The Hall–Kier alpha value is -2.20. The average Bonchev–Trinajstić information content (AvgIpc) is 2.79. The van der Waals surface area contributed by atoms with Crippen molar-refractivity contribution < 1.29 is 14.2 Å². The van der Waals surface area contributed by atoms with Gasteiger partial charge in [0, 0.05) is 46.3 Å². The summed E-state index contributed by atoms with van der Waals surface area (Å²) in [6.45, 7) is 7.50. The molecule has 3 rings (SSSR count). The monoisotopic (exact) mass is 554 g/mol. The Morgan fingerprint density at radius 1 is 0.938 bits per heavy atom. The molecule has 0 radical (unpaired) electrons. The second-order valence-corrected chi connectivity index (χ2v) is 7.69. The number of ether oxygens (including phenoxy) is 3. The van der Waals surface area contributed by atoms with Crippen LogP contribution in [-0.2, 0) is 13.1 Å². The van der Waals surface area contributed by atoms with E-state index in [4.69, 9.17) is 14.2 Å². The zero-order valence-corrected chi connectivity index (χ0v) is 22.0. The van der Waals surface area contributed by atoms with Crippen LogP contribution in [0.1, 0.15) is 16.7 Å². The van der Waals surface area contributed by atoms with Gasteiger partial charge < -0.3 is 24.4 Å². The van der Waals surface area contributed by atoms with Gasteiger partial charge in [0.25, 0.3) is 0 Å². The highest BCUT2D eigenvalue weighted by atomic mass is 127. The first kappa shape index (κ1) is 26.1. The number of guanidine groups is 1. The first-order valence-electron chi connectivity index (χ1n) is 10.6. The zero-order chi connectivity index (χ0) is 22.2. The Bertz CT molecular complexity index is 874. The van der Waals surface area contributed by atoms with Gasteiger partial charge >= 0.3 is 0 Å². The Morgan fingerprint density at radius 2 is 1.59 bits per heavy atom. The van der Waals surface area contributed by atoms with Crippen molar-refractivity contribution in [3.05, 3.63) is 53.1 Å². The maximum absolute atomic E-state index is 5.49. The van der Waals surface area contributed by atoms with Crippen LogP contribution in [0.4, 0.5) is 0 Å². The minimum atomic E-state index is 0. The van der Waals surface area contributed by atoms with Gasteiger partial charge in [0.1, 0.15) is 0 Å². The van der Waals surface area contributed by atoms with E-state index in [1.165, 1.54) is 11.1 Å². The van der Waals surface area contributed by atoms with Crippen molar-refractivity contribution >= 4 is 29.9 Å². The number of aryl methyl sites for hydroxylation is 1. The van der Waals surface area contributed by atoms with Crippen LogP contribution in [0.15, 0.2) is 41.4 Å². The van der Waals surface area contributed by atoms with Crippen molar-refractivity contribution in [1.29, 1.82) is 0 Å². The van der Waals surface area contributed by atoms with Crippen molar-refractivity contribution in [2.75, 3.05) is 54.6 Å². The van der Waals surface area contributed by atoms with Gasteiger partial charge in [0.2, 0.25) is 5.75 Å². The number of nitrogens with one attached hydrogen (secondary N) is 1. The second kappa shape index (κ2) is 12.7. The van der Waals surface area contributed by atoms with Crippen LogP contribution >= 0.6 is 24.0 Å². The van der Waals surface area contributed by atoms with E-state index in [-0.39, 0.29) is 24.0 Å². The summed E-state index contributed by atoms with van der Waals surface area (Å²) in [7, 11) is 6.77. The van der Waals surface area contributed by atoms with Crippen molar-refractivity contribution in [2.45, 2.75) is 20.0 Å². The fraction of sp³-hybridized carbons (Fsp3) is 0.458. The molecule has 0 spiro atoms. The standard InChI is InChI=1S/C24H34N4O3.HI/c1-18-7-6-8-19(13-18)16-26-24(25-2)28-11-9-27(10-12-28)17-20-14-21(29-3)23(31-5)22(15-20)30-4;/h6-8,13-15H,9-12,16-17H2,1-5H3,(H,25,26);1H. The number of benzene rings is 2. The Balaban J connectivity index is 0.00000363. The molecule has 0 aromatic heterocycles. The van der Waals surface area contributed by atoms with Gasteiger partial charge in [-0.05, 0) is 30.2 Å². The Morgan fingerprint density at radius 3 is 2.12 bits per heavy atom. The van der Waals surface area contributed by atoms with E-state index in [0.717, 1.165) is 50.8 Å². The summed E-state index contributed by atoms with van der Waals surface area (Å²) in [4.78, 5) is 9.25. The van der Waals surface area contributed by atoms with Gasteiger partial charge in [-0.25, -0.2) is 0 Å². The third kappa shape index (κ3) is 6.65. The molecule has 0 bridgehead atoms. The summed E-state index contributed by atoms with van der Waals surface area (Å²) in [5.74, 6) is 2.96. The number of aliphatic imine (C=N–C) groups is 1. The van der Waals surface area contributed by atoms with E-state index in [1.807, 2.05) is 19.2 Å². The Kier molecular flexibility index (Phi) is 10.4. The third-order valence-corrected chi connectivity index (χ3v) is 5.55. The van der Waals surface area contributed by atoms with Crippen LogP contribution in [0, 0.1) is 6.92 Å². The number of rotatable bonds is 7. The van der Waals surface area contributed by atoms with Gasteiger partial charge in [-0.1, -0.05) is 29.8 Å². The number of hydrogen-bond donors (Lipinski definition) is 1. The molecular weight excluding hydrogens is 519 g/mol. The molecule has 1 N–H and O–H groups in total. The van der Waals surface area contributed by atoms with Gasteiger partial charge in [-0.15, -0.1) is 24.0 Å². The molecule has 0 amide bonds. The summed E-state index contributed by atoms with van der Waals surface area (Å²) in [6, 6.07) is 12.6. The summed E-state index contributed by atoms with van der Waals surface area (Å²) < 4.78 is 16.4. The van der Waals surface area contributed by atoms with Crippen LogP contribution < -0.4 is 19.5 Å². The number of piperazine rings is 1. The van der Waals surface area contributed by atoms with E-state index in [2.05, 4.69) is 51.3 Å². The predicted molar refractivity (Wildman–Crippen MR) is 140 cm³/mol. The molecule has 1 aliphatic rings. The van der Waals surface area contributed by atoms with Crippen molar-refractivity contribution in [2.24, 2.45) is 4.99 Å². The molecule has 8 heteroatoms. The first-order chi connectivity index (χ1) is 15.1. The summed E-state index contributed by atoms with van der Waals surface area (Å²) in [5, 5.41) is 3.50. The number of hydrogen-bond acceptors (Lipinski definition) is 5. The van der Waals surface area contributed by atoms with Crippen LogP contribution in [0.3, 0.4) is 0 Å². The van der Waals surface area contributed by atoms with Gasteiger partial charge in [-0.3, -0.25) is 9.89 Å². The lowest BCUT2D eigenvalue weighted by molar-refractivity contribution is 0.172. The highest BCUT2D eigenvalue weighted by Crippen LogP contribution is 2.38. The van der Waals surface area contributed by atoms with E-state index >= 15 is 0 Å². The second-order valence-electron chi connectivity index (χ2n) is 7.69. The maximum Gasteiger partial charge on any atom is 0.203 e. The lowest BCUT2D eigenvalue weighted by atomic mass is 10.1. The lowest BCUT2D eigenvalue weighted by Crippen LogP contribution is -2.52. The van der Waals surface area contributed by atoms with Crippen LogP contribution in [0.5, 0.6) is 17.2 Å². The molecule has 176 valence electrons. The molecule has 2 aromatic rings. The van der Waals surface area contributed by atoms with E-state index in [1.54, 1.807) is 21.3 Å². The van der Waals surface area contributed by atoms with Gasteiger partial charge in [0.05, 0.1) is 21.3 Å². The first-order valence-corrected chi connectivity index (χ1v) is 10.6. The molecule has 0 aliphatic carbocycles. The number of halogens is 1. The predicted octanol–water partition coefficient (Wildman–Crippen LogP) is 3.53. The fourth-order valence-corrected chi connectivity index (χ4v) is 3.94. The van der Waals surface area contributed by atoms with E-state index in [0.29, 0.717) is 17.2 Å². The molecule has 2 aromatic carbocycles. The largest absolute Gasteiger partial charge is 0.493 e. The average molecular weight is 554 g/mol. The van der Waals surface area contributed by atoms with E-state index < -0.39 is 0 Å². The molecule has 1 fully saturated rings. The lowest BCUT2D eigenvalue weighted by Gasteiger charge is -2.36. The van der Waals surface area contributed by atoms with Gasteiger partial charge in [0.15, 0.2) is 17.5 Å². The highest BCUT2D eigenvalue weighted by Gasteiger charge is 2.21. The number of nitrogens with zero attached hydrogens (tertiary/aromatic N) is 3. The molecule has 0 unspecified atom stereocenters. The molecule has 1 heterocycles. The molecule has 0 saturated carbocycles. The fourth-order valence-electron chi connectivity index (χ4n) is 3.94. The maximum atomic E-state index is 5.49. The molecule has 1 aliphatic heterocycles. The quantitative estimate of drug-likeness (QED) is 0.321. The molecular formula is C24H35IN4O3. The molecule has 32 heavy (non-hydrogen) atoms. The minimum absolute atomic E-state index is 0. The van der Waals surface area contributed by atoms with Crippen LogP contribution in [-0.4, -0.2) is 70.3 Å².